The van der Waals surface area contributed by atoms with Crippen LogP contribution in [0.1, 0.15) is 5.69 Å². The fourth-order valence-corrected chi connectivity index (χ4v) is 1.70. The van der Waals surface area contributed by atoms with E-state index < -0.39 is 0 Å². The molecule has 1 amide bonds. The van der Waals surface area contributed by atoms with Crippen molar-refractivity contribution in [2.45, 2.75) is 6.42 Å². The third-order valence-electron chi connectivity index (χ3n) is 2.52. The molecule has 0 unspecified atom stereocenters. The molecule has 0 saturated heterocycles. The molecule has 2 heterocycles. The highest BCUT2D eigenvalue weighted by Gasteiger charge is 2.06. The number of aromatic amines is 1. The summed E-state index contributed by atoms with van der Waals surface area (Å²) in [6.07, 6.45) is 3.25. The van der Waals surface area contributed by atoms with Gasteiger partial charge in [-0.15, -0.1) is 0 Å². The van der Waals surface area contributed by atoms with E-state index in [0.29, 0.717) is 16.8 Å². The molecule has 0 bridgehead atoms. The summed E-state index contributed by atoms with van der Waals surface area (Å²) >= 11 is 0. The second-order valence-electron chi connectivity index (χ2n) is 3.84. The van der Waals surface area contributed by atoms with Gasteiger partial charge in [0.25, 0.3) is 0 Å². The van der Waals surface area contributed by atoms with Crippen LogP contribution in [0.3, 0.4) is 0 Å². The smallest absolute Gasteiger partial charge is 0.230 e. The van der Waals surface area contributed by atoms with Gasteiger partial charge in [-0.3, -0.25) is 9.89 Å². The summed E-state index contributed by atoms with van der Waals surface area (Å²) in [5.74, 6) is -0.109. The molecule has 0 saturated carbocycles. The Morgan fingerprint density at radius 3 is 3.17 bits per heavy atom. The number of anilines is 1. The van der Waals surface area contributed by atoms with Gasteiger partial charge in [-0.05, 0) is 24.3 Å². The monoisotopic (exact) mass is 242 g/mol. The number of carbonyl (C=O) groups excluding carboxylic acids is 1. The highest BCUT2D eigenvalue weighted by atomic mass is 16.3. The Morgan fingerprint density at radius 2 is 2.33 bits per heavy atom. The summed E-state index contributed by atoms with van der Waals surface area (Å²) in [4.78, 5) is 15.8. The number of hydrogen-bond acceptors (Lipinski definition) is 4. The van der Waals surface area contributed by atoms with Crippen molar-refractivity contribution >= 4 is 22.7 Å². The number of amides is 1. The molecule has 2 N–H and O–H groups in total. The molecular weight excluding hydrogens is 232 g/mol. The molecular formula is C12H10N4O2. The molecule has 0 spiro atoms. The first kappa shape index (κ1) is 10.5. The highest BCUT2D eigenvalue weighted by molar-refractivity contribution is 5.93. The predicted molar refractivity (Wildman–Crippen MR) is 64.9 cm³/mol. The maximum atomic E-state index is 11.8. The van der Waals surface area contributed by atoms with Crippen molar-refractivity contribution in [1.82, 2.24) is 15.2 Å². The van der Waals surface area contributed by atoms with Crippen LogP contribution >= 0.6 is 0 Å². The third kappa shape index (κ3) is 2.08. The molecule has 6 heteroatoms. The third-order valence-corrected chi connectivity index (χ3v) is 2.52. The number of nitrogens with one attached hydrogen (secondary N) is 2. The summed E-state index contributed by atoms with van der Waals surface area (Å²) in [5, 5.41) is 9.32. The molecule has 6 nitrogen and oxygen atoms in total. The average molecular weight is 242 g/mol. The lowest BCUT2D eigenvalue weighted by Gasteiger charge is -2.03. The van der Waals surface area contributed by atoms with Crippen LogP contribution in [-0.4, -0.2) is 21.1 Å². The van der Waals surface area contributed by atoms with Crippen LogP contribution < -0.4 is 5.32 Å². The van der Waals surface area contributed by atoms with E-state index in [1.54, 1.807) is 30.5 Å². The first-order chi connectivity index (χ1) is 8.81. The standard InChI is InChI=1S/C12H10N4O2/c17-12(6-9-3-4-14-16-9)15-8-1-2-11-10(5-8)13-7-18-11/h1-5,7H,6H2,(H,14,16)(H,15,17). The van der Waals surface area contributed by atoms with Gasteiger partial charge in [0.05, 0.1) is 6.42 Å². The van der Waals surface area contributed by atoms with Crippen molar-refractivity contribution in [3.8, 4) is 0 Å². The molecule has 1 aromatic carbocycles. The van der Waals surface area contributed by atoms with Gasteiger partial charge in [0.15, 0.2) is 12.0 Å². The molecule has 3 aromatic rings. The van der Waals surface area contributed by atoms with Crippen LogP contribution in [0.25, 0.3) is 11.1 Å². The van der Waals surface area contributed by atoms with E-state index in [1.165, 1.54) is 6.39 Å². The first-order valence-electron chi connectivity index (χ1n) is 5.42. The lowest BCUT2D eigenvalue weighted by Crippen LogP contribution is -2.14. The Labute approximate surface area is 102 Å². The predicted octanol–water partition coefficient (Wildman–Crippen LogP) is 1.73. The normalized spacial score (nSPS) is 10.7. The molecule has 0 radical (unpaired) electrons. The molecule has 2 aromatic heterocycles. The van der Waals surface area contributed by atoms with Crippen molar-refractivity contribution in [3.63, 3.8) is 0 Å². The molecule has 0 fully saturated rings. The summed E-state index contributed by atoms with van der Waals surface area (Å²) in [5.41, 5.74) is 2.88. The lowest BCUT2D eigenvalue weighted by molar-refractivity contribution is -0.115. The quantitative estimate of drug-likeness (QED) is 0.732. The zero-order chi connectivity index (χ0) is 12.4. The summed E-state index contributed by atoms with van der Waals surface area (Å²) < 4.78 is 5.13. The number of H-pyrrole nitrogens is 1. The molecule has 3 rings (SSSR count). The van der Waals surface area contributed by atoms with Crippen LogP contribution in [0.15, 0.2) is 41.3 Å². The number of fused-ring (bicyclic) bond motifs is 1. The minimum atomic E-state index is -0.109. The van der Waals surface area contributed by atoms with E-state index in [1.807, 2.05) is 0 Å². The zero-order valence-electron chi connectivity index (χ0n) is 9.38. The molecule has 0 aliphatic rings. The minimum Gasteiger partial charge on any atom is -0.443 e. The maximum Gasteiger partial charge on any atom is 0.230 e. The van der Waals surface area contributed by atoms with Gasteiger partial charge in [0.2, 0.25) is 5.91 Å². The minimum absolute atomic E-state index is 0.109. The molecule has 0 aliphatic carbocycles. The number of oxazole rings is 1. The van der Waals surface area contributed by atoms with Crippen LogP contribution in [0.2, 0.25) is 0 Å². The van der Waals surface area contributed by atoms with Gasteiger partial charge in [-0.2, -0.15) is 5.10 Å². The Kier molecular flexibility index (Phi) is 2.53. The number of rotatable bonds is 3. The molecule has 90 valence electrons. The fourth-order valence-electron chi connectivity index (χ4n) is 1.70. The topological polar surface area (TPSA) is 83.8 Å². The second-order valence-corrected chi connectivity index (χ2v) is 3.84. The summed E-state index contributed by atoms with van der Waals surface area (Å²) in [6, 6.07) is 7.08. The number of aromatic nitrogens is 3. The summed E-state index contributed by atoms with van der Waals surface area (Å²) in [6.45, 7) is 0. The number of nitrogens with zero attached hydrogens (tertiary/aromatic N) is 2. The van der Waals surface area contributed by atoms with Crippen LogP contribution in [0, 0.1) is 0 Å². The average Bonchev–Trinajstić information content (AvgIpc) is 2.98. The van der Waals surface area contributed by atoms with Gasteiger partial charge in [0.1, 0.15) is 5.52 Å². The van der Waals surface area contributed by atoms with Gasteiger partial charge >= 0.3 is 0 Å². The number of carbonyl (C=O) groups is 1. The van der Waals surface area contributed by atoms with Crippen molar-refractivity contribution < 1.29 is 9.21 Å². The summed E-state index contributed by atoms with van der Waals surface area (Å²) in [7, 11) is 0. The Morgan fingerprint density at radius 1 is 1.39 bits per heavy atom. The SMILES string of the molecule is O=C(Cc1ccn[nH]1)Nc1ccc2ocnc2c1. The fraction of sp³-hybridized carbons (Fsp3) is 0.0833. The van der Waals surface area contributed by atoms with Gasteiger partial charge < -0.3 is 9.73 Å². The van der Waals surface area contributed by atoms with Crippen LogP contribution in [0.5, 0.6) is 0 Å². The van der Waals surface area contributed by atoms with Gasteiger partial charge in [-0.1, -0.05) is 0 Å². The van der Waals surface area contributed by atoms with Crippen LogP contribution in [-0.2, 0) is 11.2 Å². The molecule has 18 heavy (non-hydrogen) atoms. The number of hydrogen-bond donors (Lipinski definition) is 2. The van der Waals surface area contributed by atoms with E-state index in [2.05, 4.69) is 20.5 Å². The van der Waals surface area contributed by atoms with E-state index in [9.17, 15) is 4.79 Å². The largest absolute Gasteiger partial charge is 0.443 e. The Hall–Kier alpha value is -2.63. The van der Waals surface area contributed by atoms with Gasteiger partial charge in [-0.25, -0.2) is 4.98 Å². The van der Waals surface area contributed by atoms with E-state index in [4.69, 9.17) is 4.42 Å². The second kappa shape index (κ2) is 4.33. The van der Waals surface area contributed by atoms with E-state index >= 15 is 0 Å². The molecule has 0 atom stereocenters. The van der Waals surface area contributed by atoms with Crippen molar-refractivity contribution in [3.05, 3.63) is 42.5 Å². The molecule has 0 aliphatic heterocycles. The highest BCUT2D eigenvalue weighted by Crippen LogP contribution is 2.17. The van der Waals surface area contributed by atoms with Gasteiger partial charge in [0, 0.05) is 17.6 Å². The van der Waals surface area contributed by atoms with Crippen molar-refractivity contribution in [1.29, 1.82) is 0 Å². The van der Waals surface area contributed by atoms with Crippen LogP contribution in [0.4, 0.5) is 5.69 Å². The lowest BCUT2D eigenvalue weighted by atomic mass is 10.2. The van der Waals surface area contributed by atoms with E-state index in [-0.39, 0.29) is 12.3 Å². The maximum absolute atomic E-state index is 11.8. The first-order valence-corrected chi connectivity index (χ1v) is 5.42. The Bertz CT molecular complexity index is 672. The van der Waals surface area contributed by atoms with Crippen molar-refractivity contribution in [2.75, 3.05) is 5.32 Å². The van der Waals surface area contributed by atoms with Crippen molar-refractivity contribution in [2.24, 2.45) is 0 Å². The number of benzene rings is 1. The van der Waals surface area contributed by atoms with E-state index in [0.717, 1.165) is 5.69 Å². The zero-order valence-corrected chi connectivity index (χ0v) is 9.38. The Balaban J connectivity index is 1.73.